The number of alkyl halides is 1. The molecule has 0 bridgehead atoms. The van der Waals surface area contributed by atoms with Crippen molar-refractivity contribution in [3.63, 3.8) is 0 Å². The van der Waals surface area contributed by atoms with Gasteiger partial charge in [0.2, 0.25) is 0 Å². The lowest BCUT2D eigenvalue weighted by molar-refractivity contribution is 0.689. The fourth-order valence-corrected chi connectivity index (χ4v) is 3.36. The third-order valence-electron chi connectivity index (χ3n) is 3.25. The number of aromatic nitrogens is 5. The van der Waals surface area contributed by atoms with Crippen LogP contribution in [-0.2, 0) is 20.0 Å². The van der Waals surface area contributed by atoms with Crippen molar-refractivity contribution in [2.45, 2.75) is 26.8 Å². The first-order valence-corrected chi connectivity index (χ1v) is 7.87. The number of hydrogen-bond donors (Lipinski definition) is 0. The van der Waals surface area contributed by atoms with Gasteiger partial charge in [-0.2, -0.15) is 5.10 Å². The second kappa shape index (κ2) is 5.18. The molecule has 0 amide bonds. The van der Waals surface area contributed by atoms with E-state index in [9.17, 15) is 0 Å². The van der Waals surface area contributed by atoms with Gasteiger partial charge in [-0.3, -0.25) is 4.68 Å². The van der Waals surface area contributed by atoms with Crippen molar-refractivity contribution < 1.29 is 0 Å². The van der Waals surface area contributed by atoms with Crippen LogP contribution in [0.2, 0.25) is 0 Å². The molecule has 7 heteroatoms. The molecule has 0 fully saturated rings. The van der Waals surface area contributed by atoms with Crippen LogP contribution < -0.4 is 0 Å². The number of aryl methyl sites for hydroxylation is 4. The van der Waals surface area contributed by atoms with Gasteiger partial charge in [-0.1, -0.05) is 0 Å². The van der Waals surface area contributed by atoms with Crippen LogP contribution in [0.5, 0.6) is 0 Å². The molecule has 3 rings (SSSR count). The summed E-state index contributed by atoms with van der Waals surface area (Å²) in [6.07, 6.45) is 0.750. The van der Waals surface area contributed by atoms with Crippen molar-refractivity contribution in [2.24, 2.45) is 7.05 Å². The van der Waals surface area contributed by atoms with Crippen LogP contribution in [0, 0.1) is 13.8 Å². The third kappa shape index (κ3) is 2.23. The van der Waals surface area contributed by atoms with Gasteiger partial charge in [-0.05, 0) is 13.8 Å². The summed E-state index contributed by atoms with van der Waals surface area (Å²) in [5.74, 6) is 1.56. The largest absolute Gasteiger partial charge is 0.306 e. The Morgan fingerprint density at radius 3 is 2.75 bits per heavy atom. The van der Waals surface area contributed by atoms with E-state index in [1.54, 1.807) is 11.3 Å². The molecule has 5 nitrogen and oxygen atoms in total. The Kier molecular flexibility index (Phi) is 3.52. The predicted octanol–water partition coefficient (Wildman–Crippen LogP) is 2.67. The Hall–Kier alpha value is -1.40. The molecule has 0 saturated carbocycles. The molecular weight excluding hydrogens is 294 g/mol. The normalized spacial score (nSPS) is 11.6. The maximum Gasteiger partial charge on any atom is 0.159 e. The summed E-state index contributed by atoms with van der Waals surface area (Å²) in [6, 6.07) is 0. The molecule has 0 unspecified atom stereocenters. The molecule has 0 radical (unpaired) electrons. The van der Waals surface area contributed by atoms with Gasteiger partial charge in [-0.25, -0.2) is 9.97 Å². The molecule has 0 spiro atoms. The van der Waals surface area contributed by atoms with Crippen molar-refractivity contribution in [1.82, 2.24) is 24.3 Å². The summed E-state index contributed by atoms with van der Waals surface area (Å²) < 4.78 is 4.06. The monoisotopic (exact) mass is 309 g/mol. The molecule has 0 aliphatic carbocycles. The van der Waals surface area contributed by atoms with E-state index in [0.29, 0.717) is 5.88 Å². The van der Waals surface area contributed by atoms with Crippen molar-refractivity contribution in [2.75, 3.05) is 5.88 Å². The average molecular weight is 310 g/mol. The molecule has 0 aliphatic heterocycles. The minimum Gasteiger partial charge on any atom is -0.306 e. The summed E-state index contributed by atoms with van der Waals surface area (Å²) in [5, 5.41) is 7.59. The molecular formula is C13H16ClN5S. The van der Waals surface area contributed by atoms with Crippen molar-refractivity contribution in [3.8, 4) is 0 Å². The smallest absolute Gasteiger partial charge is 0.159 e. The molecule has 0 atom stereocenters. The van der Waals surface area contributed by atoms with E-state index in [4.69, 9.17) is 16.6 Å². The second-order valence-corrected chi connectivity index (χ2v) is 6.14. The van der Waals surface area contributed by atoms with Crippen molar-refractivity contribution in [1.29, 1.82) is 0 Å². The fraction of sp³-hybridized carbons (Fsp3) is 0.462. The highest BCUT2D eigenvalue weighted by Crippen LogP contribution is 2.22. The summed E-state index contributed by atoms with van der Waals surface area (Å²) in [4.78, 5) is 9.24. The number of rotatable bonds is 4. The molecule has 0 aliphatic rings. The number of nitrogens with zero attached hydrogens (tertiary/aromatic N) is 5. The van der Waals surface area contributed by atoms with Crippen molar-refractivity contribution >= 4 is 34.1 Å². The Balaban J connectivity index is 2.12. The lowest BCUT2D eigenvalue weighted by Crippen LogP contribution is -2.09. The number of imidazole rings is 1. The molecule has 0 saturated heterocycles. The van der Waals surface area contributed by atoms with E-state index in [-0.39, 0.29) is 0 Å². The molecule has 0 aromatic carbocycles. The summed E-state index contributed by atoms with van der Waals surface area (Å²) in [5.41, 5.74) is 4.00. The van der Waals surface area contributed by atoms with Crippen LogP contribution in [0.3, 0.4) is 0 Å². The topological polar surface area (TPSA) is 48.5 Å². The van der Waals surface area contributed by atoms with Gasteiger partial charge >= 0.3 is 0 Å². The van der Waals surface area contributed by atoms with E-state index in [1.807, 2.05) is 25.6 Å². The molecule has 106 valence electrons. The van der Waals surface area contributed by atoms with Gasteiger partial charge in [0, 0.05) is 30.4 Å². The van der Waals surface area contributed by atoms with Crippen molar-refractivity contribution in [3.05, 3.63) is 27.6 Å². The van der Waals surface area contributed by atoms with Gasteiger partial charge in [-0.15, -0.1) is 22.9 Å². The molecule has 3 heterocycles. The number of fused-ring (bicyclic) bond motifs is 1. The number of halogens is 1. The maximum absolute atomic E-state index is 5.90. The quantitative estimate of drug-likeness (QED) is 0.696. The van der Waals surface area contributed by atoms with Gasteiger partial charge in [0.15, 0.2) is 5.65 Å². The zero-order valence-corrected chi connectivity index (χ0v) is 13.3. The highest BCUT2D eigenvalue weighted by atomic mass is 35.5. The van der Waals surface area contributed by atoms with Crippen LogP contribution in [0.25, 0.3) is 11.2 Å². The Labute approximate surface area is 126 Å². The Morgan fingerprint density at radius 2 is 2.10 bits per heavy atom. The molecule has 20 heavy (non-hydrogen) atoms. The number of thiazole rings is 1. The van der Waals surface area contributed by atoms with Crippen LogP contribution in [-0.4, -0.2) is 30.2 Å². The van der Waals surface area contributed by atoms with Crippen LogP contribution in [0.4, 0.5) is 0 Å². The Bertz CT molecular complexity index is 754. The third-order valence-corrected chi connectivity index (χ3v) is 4.39. The lowest BCUT2D eigenvalue weighted by atomic mass is 10.4. The lowest BCUT2D eigenvalue weighted by Gasteiger charge is -2.07. The molecule has 3 aromatic heterocycles. The summed E-state index contributed by atoms with van der Waals surface area (Å²) >= 11 is 7.57. The average Bonchev–Trinajstić information content (AvgIpc) is 3.02. The first-order chi connectivity index (χ1) is 9.60. The first-order valence-electron chi connectivity index (χ1n) is 6.46. The molecule has 0 N–H and O–H groups in total. The van der Waals surface area contributed by atoms with Crippen LogP contribution >= 0.6 is 22.9 Å². The van der Waals surface area contributed by atoms with Gasteiger partial charge in [0.1, 0.15) is 16.3 Å². The van der Waals surface area contributed by atoms with Crippen LogP contribution in [0.1, 0.15) is 22.2 Å². The van der Waals surface area contributed by atoms with Gasteiger partial charge in [0.05, 0.1) is 12.2 Å². The highest BCUT2D eigenvalue weighted by molar-refractivity contribution is 7.09. The zero-order valence-electron chi connectivity index (χ0n) is 11.7. The second-order valence-electron chi connectivity index (χ2n) is 4.82. The first kappa shape index (κ1) is 13.6. The van der Waals surface area contributed by atoms with E-state index < -0.39 is 0 Å². The van der Waals surface area contributed by atoms with Crippen LogP contribution in [0.15, 0.2) is 5.38 Å². The Morgan fingerprint density at radius 1 is 1.30 bits per heavy atom. The maximum atomic E-state index is 5.90. The summed E-state index contributed by atoms with van der Waals surface area (Å²) in [7, 11) is 1.95. The minimum atomic E-state index is 0.562. The van der Waals surface area contributed by atoms with Gasteiger partial charge in [0.25, 0.3) is 0 Å². The fourth-order valence-electron chi connectivity index (χ4n) is 2.43. The predicted molar refractivity (Wildman–Crippen MR) is 81.6 cm³/mol. The molecule has 3 aromatic rings. The SMILES string of the molecule is Cc1csc(Cn2c(CCCl)nc3c(C)nn(C)c32)n1. The number of hydrogen-bond acceptors (Lipinski definition) is 4. The van der Waals surface area contributed by atoms with E-state index in [0.717, 1.165) is 46.3 Å². The van der Waals surface area contributed by atoms with E-state index >= 15 is 0 Å². The van der Waals surface area contributed by atoms with E-state index in [2.05, 4.69) is 20.0 Å². The highest BCUT2D eigenvalue weighted by Gasteiger charge is 2.17. The van der Waals surface area contributed by atoms with Gasteiger partial charge < -0.3 is 4.57 Å². The zero-order chi connectivity index (χ0) is 14.3. The standard InChI is InChI=1S/C13H16ClN5S/c1-8-7-20-11(15-8)6-19-10(4-5-14)16-12-9(2)17-18(3)13(12)19/h7H,4-6H2,1-3H3. The minimum absolute atomic E-state index is 0.562. The summed E-state index contributed by atoms with van der Waals surface area (Å²) in [6.45, 7) is 4.72. The van der Waals surface area contributed by atoms with E-state index in [1.165, 1.54) is 0 Å².